The zero-order valence-electron chi connectivity index (χ0n) is 7.22. The average Bonchev–Trinajstić information content (AvgIpc) is 1.88. The van der Waals surface area contributed by atoms with E-state index < -0.39 is 0 Å². The molecule has 0 aromatic carbocycles. The van der Waals surface area contributed by atoms with Crippen molar-refractivity contribution in [2.45, 2.75) is 31.8 Å². The van der Waals surface area contributed by atoms with E-state index in [0.717, 1.165) is 18.6 Å². The molecular weight excluding hydrogens is 124 g/mol. The summed E-state index contributed by atoms with van der Waals surface area (Å²) in [6.45, 7) is 3.42. The molecule has 1 aliphatic rings. The Balaban J connectivity index is 2.26. The van der Waals surface area contributed by atoms with Gasteiger partial charge in [-0.1, -0.05) is 0 Å². The molecule has 2 nitrogen and oxygen atoms in total. The van der Waals surface area contributed by atoms with E-state index in [0.29, 0.717) is 0 Å². The van der Waals surface area contributed by atoms with Crippen LogP contribution in [0, 0.1) is 0 Å². The molecule has 0 bridgehead atoms. The Kier molecular flexibility index (Phi) is 2.69. The molecule has 1 fully saturated rings. The fraction of sp³-hybridized carbons (Fsp3) is 1.00. The van der Waals surface area contributed by atoms with Crippen LogP contribution in [0.5, 0.6) is 0 Å². The van der Waals surface area contributed by atoms with Crippen LogP contribution in [0.3, 0.4) is 0 Å². The van der Waals surface area contributed by atoms with Gasteiger partial charge >= 0.3 is 0 Å². The number of likely N-dealkylation sites (N-methyl/N-ethyl adjacent to an activating group) is 1. The number of nitrogens with zero attached hydrogens (tertiary/aromatic N) is 1. The summed E-state index contributed by atoms with van der Waals surface area (Å²) in [5.41, 5.74) is 0. The van der Waals surface area contributed by atoms with Gasteiger partial charge in [0.05, 0.1) is 0 Å². The number of rotatable bonds is 1. The first-order chi connectivity index (χ1) is 4.70. The molecule has 0 aromatic rings. The summed E-state index contributed by atoms with van der Waals surface area (Å²) in [6.07, 6.45) is 2.67. The predicted molar refractivity (Wildman–Crippen MR) is 44.2 cm³/mol. The maximum Gasteiger partial charge on any atom is 0.0215 e. The van der Waals surface area contributed by atoms with Crippen molar-refractivity contribution < 1.29 is 0 Å². The lowest BCUT2D eigenvalue weighted by atomic mass is 10.0. The lowest BCUT2D eigenvalue weighted by Crippen LogP contribution is -2.46. The van der Waals surface area contributed by atoms with Gasteiger partial charge in [-0.2, -0.15) is 0 Å². The van der Waals surface area contributed by atoms with Crippen molar-refractivity contribution in [3.05, 3.63) is 0 Å². The minimum Gasteiger partial charge on any atom is -0.313 e. The topological polar surface area (TPSA) is 15.3 Å². The van der Waals surface area contributed by atoms with Crippen molar-refractivity contribution in [1.82, 2.24) is 10.2 Å². The third-order valence-electron chi connectivity index (χ3n) is 2.37. The van der Waals surface area contributed by atoms with E-state index >= 15 is 0 Å². The molecule has 0 aromatic heterocycles. The first-order valence-corrected chi connectivity index (χ1v) is 4.10. The molecule has 60 valence electrons. The number of hydrogen-bond donors (Lipinski definition) is 1. The SMILES string of the molecule is C[C@@H]1CC[C@H](N(C)C)CN1. The van der Waals surface area contributed by atoms with Gasteiger partial charge in [0.25, 0.3) is 0 Å². The lowest BCUT2D eigenvalue weighted by molar-refractivity contribution is 0.221. The molecule has 1 heterocycles. The standard InChI is InChI=1S/C8H18N2/c1-7-4-5-8(6-9-7)10(2)3/h7-9H,4-6H2,1-3H3/t7-,8+/m1/s1. The second kappa shape index (κ2) is 3.35. The zero-order valence-corrected chi connectivity index (χ0v) is 7.22. The molecule has 1 saturated heterocycles. The highest BCUT2D eigenvalue weighted by atomic mass is 15.1. The zero-order chi connectivity index (χ0) is 7.56. The first-order valence-electron chi connectivity index (χ1n) is 4.10. The van der Waals surface area contributed by atoms with Crippen molar-refractivity contribution in [2.24, 2.45) is 0 Å². The van der Waals surface area contributed by atoms with Crippen molar-refractivity contribution in [3.8, 4) is 0 Å². The summed E-state index contributed by atoms with van der Waals surface area (Å²) in [4.78, 5) is 2.30. The number of nitrogens with one attached hydrogen (secondary N) is 1. The number of hydrogen-bond acceptors (Lipinski definition) is 2. The lowest BCUT2D eigenvalue weighted by Gasteiger charge is -2.31. The van der Waals surface area contributed by atoms with Crippen LogP contribution >= 0.6 is 0 Å². The Morgan fingerprint density at radius 3 is 2.40 bits per heavy atom. The third kappa shape index (κ3) is 1.96. The Morgan fingerprint density at radius 1 is 1.30 bits per heavy atom. The highest BCUT2D eigenvalue weighted by molar-refractivity contribution is 4.78. The normalized spacial score (nSPS) is 34.8. The van der Waals surface area contributed by atoms with Gasteiger partial charge in [-0.25, -0.2) is 0 Å². The molecule has 1 rings (SSSR count). The van der Waals surface area contributed by atoms with Gasteiger partial charge < -0.3 is 10.2 Å². The van der Waals surface area contributed by atoms with Crippen LogP contribution < -0.4 is 5.32 Å². The summed E-state index contributed by atoms with van der Waals surface area (Å²) < 4.78 is 0. The van der Waals surface area contributed by atoms with Gasteiger partial charge in [0.2, 0.25) is 0 Å². The fourth-order valence-corrected chi connectivity index (χ4v) is 1.42. The van der Waals surface area contributed by atoms with E-state index in [-0.39, 0.29) is 0 Å². The van der Waals surface area contributed by atoms with Gasteiger partial charge in [0.15, 0.2) is 0 Å². The minimum atomic E-state index is 0.733. The molecule has 0 spiro atoms. The van der Waals surface area contributed by atoms with Crippen molar-refractivity contribution in [3.63, 3.8) is 0 Å². The molecule has 0 radical (unpaired) electrons. The summed E-state index contributed by atoms with van der Waals surface area (Å²) in [7, 11) is 4.31. The van der Waals surface area contributed by atoms with Gasteiger partial charge in [0, 0.05) is 18.6 Å². The van der Waals surface area contributed by atoms with Crippen LogP contribution in [0.25, 0.3) is 0 Å². The van der Waals surface area contributed by atoms with E-state index in [1.165, 1.54) is 12.8 Å². The van der Waals surface area contributed by atoms with Crippen LogP contribution in [0.4, 0.5) is 0 Å². The van der Waals surface area contributed by atoms with Crippen LogP contribution in [0.1, 0.15) is 19.8 Å². The summed E-state index contributed by atoms with van der Waals surface area (Å²) in [5, 5.41) is 3.47. The first kappa shape index (κ1) is 8.02. The molecule has 1 N–H and O–H groups in total. The van der Waals surface area contributed by atoms with E-state index in [1.54, 1.807) is 0 Å². The highest BCUT2D eigenvalue weighted by Crippen LogP contribution is 2.10. The molecule has 2 heteroatoms. The molecule has 1 aliphatic heterocycles. The van der Waals surface area contributed by atoms with Gasteiger partial charge in [-0.15, -0.1) is 0 Å². The van der Waals surface area contributed by atoms with E-state index in [1.807, 2.05) is 0 Å². The maximum atomic E-state index is 3.47. The Hall–Kier alpha value is -0.0800. The monoisotopic (exact) mass is 142 g/mol. The van der Waals surface area contributed by atoms with Gasteiger partial charge in [-0.05, 0) is 33.9 Å². The van der Waals surface area contributed by atoms with Crippen LogP contribution in [0.2, 0.25) is 0 Å². The van der Waals surface area contributed by atoms with Gasteiger partial charge in [0.1, 0.15) is 0 Å². The third-order valence-corrected chi connectivity index (χ3v) is 2.37. The second-order valence-electron chi connectivity index (χ2n) is 3.50. The maximum absolute atomic E-state index is 3.47. The molecule has 2 atom stereocenters. The van der Waals surface area contributed by atoms with Gasteiger partial charge in [-0.3, -0.25) is 0 Å². The van der Waals surface area contributed by atoms with E-state index in [4.69, 9.17) is 0 Å². The Labute approximate surface area is 63.6 Å². The fourth-order valence-electron chi connectivity index (χ4n) is 1.42. The Morgan fingerprint density at radius 2 is 2.00 bits per heavy atom. The van der Waals surface area contributed by atoms with Crippen molar-refractivity contribution >= 4 is 0 Å². The summed E-state index contributed by atoms with van der Waals surface area (Å²) >= 11 is 0. The molecular formula is C8H18N2. The van der Waals surface area contributed by atoms with E-state index in [2.05, 4.69) is 31.2 Å². The van der Waals surface area contributed by atoms with E-state index in [9.17, 15) is 0 Å². The van der Waals surface area contributed by atoms with Crippen molar-refractivity contribution in [1.29, 1.82) is 0 Å². The summed E-state index contributed by atoms with van der Waals surface area (Å²) in [6, 6.07) is 1.49. The molecule has 10 heavy (non-hydrogen) atoms. The summed E-state index contributed by atoms with van der Waals surface area (Å²) in [5.74, 6) is 0. The Bertz CT molecular complexity index is 93.4. The quantitative estimate of drug-likeness (QED) is 0.579. The highest BCUT2D eigenvalue weighted by Gasteiger charge is 2.18. The minimum absolute atomic E-state index is 0.733. The smallest absolute Gasteiger partial charge is 0.0215 e. The van der Waals surface area contributed by atoms with Crippen LogP contribution in [-0.4, -0.2) is 37.6 Å². The molecule has 0 unspecified atom stereocenters. The average molecular weight is 142 g/mol. The molecule has 0 saturated carbocycles. The predicted octanol–water partition coefficient (Wildman–Crippen LogP) is 0.688. The number of piperidine rings is 1. The second-order valence-corrected chi connectivity index (χ2v) is 3.50. The molecule has 0 amide bonds. The van der Waals surface area contributed by atoms with Crippen LogP contribution in [0.15, 0.2) is 0 Å². The van der Waals surface area contributed by atoms with Crippen molar-refractivity contribution in [2.75, 3.05) is 20.6 Å². The van der Waals surface area contributed by atoms with Crippen LogP contribution in [-0.2, 0) is 0 Å². The molecule has 0 aliphatic carbocycles. The largest absolute Gasteiger partial charge is 0.313 e.